The summed E-state index contributed by atoms with van der Waals surface area (Å²) < 4.78 is 11.8. The number of ether oxygens (including phenoxy) is 2. The van der Waals surface area contributed by atoms with Crippen molar-refractivity contribution in [2.45, 2.75) is 26.0 Å². The molecule has 0 bridgehead atoms. The zero-order valence-corrected chi connectivity index (χ0v) is 22.5. The number of nitrogens with zero attached hydrogens (tertiary/aromatic N) is 1. The molecule has 0 spiro atoms. The summed E-state index contributed by atoms with van der Waals surface area (Å²) in [6, 6.07) is 28.7. The topological polar surface area (TPSA) is 89.0 Å². The molecule has 194 valence electrons. The van der Waals surface area contributed by atoms with E-state index in [9.17, 15) is 9.59 Å². The highest BCUT2D eigenvalue weighted by molar-refractivity contribution is 9.10. The molecule has 2 N–H and O–H groups in total. The van der Waals surface area contributed by atoms with Crippen molar-refractivity contribution in [1.29, 1.82) is 0 Å². The van der Waals surface area contributed by atoms with Gasteiger partial charge in [0.25, 0.3) is 0 Å². The van der Waals surface area contributed by atoms with Crippen LogP contribution in [0, 0.1) is 0 Å². The molecule has 38 heavy (non-hydrogen) atoms. The van der Waals surface area contributed by atoms with Gasteiger partial charge in [0.15, 0.2) is 0 Å². The fraction of sp³-hybridized carbons (Fsp3) is 0.167. The number of alkyl carbamates (subject to hydrolysis) is 1. The van der Waals surface area contributed by atoms with Crippen LogP contribution in [0.4, 0.5) is 4.79 Å². The molecule has 0 heterocycles. The van der Waals surface area contributed by atoms with Crippen molar-refractivity contribution < 1.29 is 19.1 Å². The minimum absolute atomic E-state index is 0.00477. The number of carbonyl (C=O) groups is 2. The maximum atomic E-state index is 12.5. The first kappa shape index (κ1) is 26.9. The summed E-state index contributed by atoms with van der Waals surface area (Å²) in [4.78, 5) is 24.5. The molecule has 0 aliphatic carbocycles. The van der Waals surface area contributed by atoms with Gasteiger partial charge in [-0.1, -0.05) is 72.8 Å². The molecule has 0 saturated heterocycles. The van der Waals surface area contributed by atoms with E-state index in [1.54, 1.807) is 13.1 Å². The first-order valence-electron chi connectivity index (χ1n) is 12.2. The number of benzene rings is 4. The zero-order valence-electron chi connectivity index (χ0n) is 20.9. The van der Waals surface area contributed by atoms with E-state index in [1.807, 2.05) is 66.7 Å². The molecule has 4 aromatic rings. The average Bonchev–Trinajstić information content (AvgIpc) is 2.93. The van der Waals surface area contributed by atoms with E-state index in [2.05, 4.69) is 56.0 Å². The van der Waals surface area contributed by atoms with Crippen LogP contribution in [0.1, 0.15) is 36.1 Å². The van der Waals surface area contributed by atoms with Gasteiger partial charge in [0.2, 0.25) is 5.91 Å². The lowest BCUT2D eigenvalue weighted by Crippen LogP contribution is -2.33. The smallest absolute Gasteiger partial charge is 0.407 e. The van der Waals surface area contributed by atoms with Gasteiger partial charge >= 0.3 is 6.09 Å². The van der Waals surface area contributed by atoms with Crippen LogP contribution < -0.4 is 15.5 Å². The van der Waals surface area contributed by atoms with Gasteiger partial charge < -0.3 is 14.8 Å². The Morgan fingerprint density at radius 2 is 1.74 bits per heavy atom. The van der Waals surface area contributed by atoms with Crippen LogP contribution >= 0.6 is 15.9 Å². The monoisotopic (exact) mass is 573 g/mol. The summed E-state index contributed by atoms with van der Waals surface area (Å²) in [6.45, 7) is 2.40. The van der Waals surface area contributed by atoms with Gasteiger partial charge in [0.1, 0.15) is 12.4 Å². The lowest BCUT2D eigenvalue weighted by molar-refractivity contribution is -0.121. The Balaban J connectivity index is 1.34. The lowest BCUT2D eigenvalue weighted by Gasteiger charge is -2.18. The number of amides is 2. The number of hydrogen-bond donors (Lipinski definition) is 2. The highest BCUT2D eigenvalue weighted by Gasteiger charge is 2.18. The SMILES string of the molecule is CCOC(=O)N[C@H](CC(=O)N/N=C\c1ccc(OCc2cccc3ccccc23)c(Br)c1)c1ccccc1. The van der Waals surface area contributed by atoms with E-state index < -0.39 is 12.1 Å². The Morgan fingerprint density at radius 1 is 0.974 bits per heavy atom. The second-order valence-corrected chi connectivity index (χ2v) is 9.30. The molecule has 4 rings (SSSR count). The van der Waals surface area contributed by atoms with Crippen LogP contribution in [0.3, 0.4) is 0 Å². The lowest BCUT2D eigenvalue weighted by atomic mass is 10.0. The molecule has 0 radical (unpaired) electrons. The van der Waals surface area contributed by atoms with Gasteiger partial charge in [-0.3, -0.25) is 4.79 Å². The van der Waals surface area contributed by atoms with E-state index in [0.29, 0.717) is 12.4 Å². The van der Waals surface area contributed by atoms with Gasteiger partial charge in [-0.05, 0) is 68.5 Å². The normalized spacial score (nSPS) is 11.7. The molecular formula is C30H28BrN3O4. The van der Waals surface area contributed by atoms with Crippen LogP contribution in [0.2, 0.25) is 0 Å². The number of halogens is 1. The van der Waals surface area contributed by atoms with Crippen LogP contribution in [0.25, 0.3) is 10.8 Å². The average molecular weight is 574 g/mol. The molecule has 4 aromatic carbocycles. The first-order valence-corrected chi connectivity index (χ1v) is 13.0. The number of carbonyl (C=O) groups excluding carboxylic acids is 2. The quantitative estimate of drug-likeness (QED) is 0.167. The van der Waals surface area contributed by atoms with Crippen LogP contribution in [0.5, 0.6) is 5.75 Å². The second-order valence-electron chi connectivity index (χ2n) is 8.44. The number of hydrogen-bond acceptors (Lipinski definition) is 5. The summed E-state index contributed by atoms with van der Waals surface area (Å²) in [6.07, 6.45) is 0.975. The first-order chi connectivity index (χ1) is 18.5. The number of hydrazone groups is 1. The minimum Gasteiger partial charge on any atom is -0.488 e. The van der Waals surface area contributed by atoms with Crippen molar-refractivity contribution in [3.8, 4) is 5.75 Å². The largest absolute Gasteiger partial charge is 0.488 e. The van der Waals surface area contributed by atoms with E-state index in [1.165, 1.54) is 5.39 Å². The van der Waals surface area contributed by atoms with Crippen LogP contribution in [-0.2, 0) is 16.1 Å². The molecule has 0 saturated carbocycles. The Morgan fingerprint density at radius 3 is 2.53 bits per heavy atom. The summed E-state index contributed by atoms with van der Waals surface area (Å²) in [5.74, 6) is 0.357. The Bertz CT molecular complexity index is 1420. The van der Waals surface area contributed by atoms with Crippen molar-refractivity contribution in [2.75, 3.05) is 6.61 Å². The fourth-order valence-electron chi connectivity index (χ4n) is 3.95. The maximum Gasteiger partial charge on any atom is 0.407 e. The summed E-state index contributed by atoms with van der Waals surface area (Å²) in [5.41, 5.74) is 5.20. The maximum absolute atomic E-state index is 12.5. The van der Waals surface area contributed by atoms with Crippen LogP contribution in [0.15, 0.2) is 101 Å². The Hall–Kier alpha value is -4.17. The molecule has 0 fully saturated rings. The fourth-order valence-corrected chi connectivity index (χ4v) is 4.46. The zero-order chi connectivity index (χ0) is 26.7. The molecule has 0 aromatic heterocycles. The highest BCUT2D eigenvalue weighted by atomic mass is 79.9. The van der Waals surface area contributed by atoms with Gasteiger partial charge in [0, 0.05) is 0 Å². The number of nitrogens with one attached hydrogen (secondary N) is 2. The number of rotatable bonds is 10. The van der Waals surface area contributed by atoms with Crippen molar-refractivity contribution in [3.05, 3.63) is 112 Å². The van der Waals surface area contributed by atoms with E-state index >= 15 is 0 Å². The van der Waals surface area contributed by atoms with Crippen molar-refractivity contribution in [1.82, 2.24) is 10.7 Å². The van der Waals surface area contributed by atoms with Gasteiger partial charge in [-0.15, -0.1) is 0 Å². The number of fused-ring (bicyclic) bond motifs is 1. The standard InChI is InChI=1S/C30H28BrN3O4/c1-2-37-30(36)33-27(23-10-4-3-5-11-23)18-29(35)34-32-19-21-15-16-28(26(31)17-21)38-20-24-13-8-12-22-9-6-7-14-25(22)24/h3-17,19,27H,2,18,20H2,1H3,(H,33,36)(H,34,35)/b32-19-/t27-/m1/s1. The van der Waals surface area contributed by atoms with Crippen molar-refractivity contribution >= 4 is 44.9 Å². The second kappa shape index (κ2) is 13.4. The Labute approximate surface area is 230 Å². The molecule has 1 atom stereocenters. The third-order valence-corrected chi connectivity index (χ3v) is 6.40. The summed E-state index contributed by atoms with van der Waals surface area (Å²) in [7, 11) is 0. The van der Waals surface area contributed by atoms with E-state index in [-0.39, 0.29) is 18.9 Å². The van der Waals surface area contributed by atoms with Crippen LogP contribution in [-0.4, -0.2) is 24.8 Å². The third kappa shape index (κ3) is 7.43. The predicted molar refractivity (Wildman–Crippen MR) is 152 cm³/mol. The van der Waals surface area contributed by atoms with E-state index in [4.69, 9.17) is 9.47 Å². The van der Waals surface area contributed by atoms with Gasteiger partial charge in [0.05, 0.1) is 29.8 Å². The Kier molecular flexibility index (Phi) is 9.48. The van der Waals surface area contributed by atoms with Crippen molar-refractivity contribution in [2.24, 2.45) is 5.10 Å². The molecular weight excluding hydrogens is 546 g/mol. The molecule has 7 nitrogen and oxygen atoms in total. The van der Waals surface area contributed by atoms with E-state index in [0.717, 1.165) is 26.5 Å². The van der Waals surface area contributed by atoms with Crippen molar-refractivity contribution in [3.63, 3.8) is 0 Å². The minimum atomic E-state index is -0.578. The van der Waals surface area contributed by atoms with Gasteiger partial charge in [-0.2, -0.15) is 5.10 Å². The molecule has 8 heteroatoms. The molecule has 0 aliphatic rings. The molecule has 0 unspecified atom stereocenters. The third-order valence-electron chi connectivity index (χ3n) is 5.78. The summed E-state index contributed by atoms with van der Waals surface area (Å²) in [5, 5.41) is 9.14. The molecule has 0 aliphatic heterocycles. The highest BCUT2D eigenvalue weighted by Crippen LogP contribution is 2.27. The summed E-state index contributed by atoms with van der Waals surface area (Å²) >= 11 is 3.56. The molecule has 2 amide bonds. The van der Waals surface area contributed by atoms with Gasteiger partial charge in [-0.25, -0.2) is 10.2 Å². The predicted octanol–water partition coefficient (Wildman–Crippen LogP) is 6.51.